The van der Waals surface area contributed by atoms with Gasteiger partial charge in [-0.1, -0.05) is 0 Å². The molecule has 0 aromatic rings. The van der Waals surface area contributed by atoms with E-state index >= 15 is 0 Å². The summed E-state index contributed by atoms with van der Waals surface area (Å²) < 4.78 is 59.9. The molecule has 1 N–H and O–H groups in total. The highest BCUT2D eigenvalue weighted by Crippen LogP contribution is 2.29. The highest BCUT2D eigenvalue weighted by molar-refractivity contribution is 9.14. The Morgan fingerprint density at radius 1 is 0.438 bits per heavy atom. The van der Waals surface area contributed by atoms with Crippen LogP contribution in [-0.2, 0) is 66.5 Å². The number of amides is 2. The average molecular weight is 826 g/mol. The van der Waals surface area contributed by atoms with Gasteiger partial charge in [0.05, 0.1) is 145 Å². The summed E-state index contributed by atoms with van der Waals surface area (Å²) in [4.78, 5) is 35.3. The number of nitrogens with zero attached hydrogens (tertiary/aromatic N) is 1. The molecule has 0 radical (unpaired) electrons. The third-order valence-electron chi connectivity index (χ3n) is 5.91. The van der Waals surface area contributed by atoms with E-state index in [0.717, 1.165) is 0 Å². The minimum absolute atomic E-state index is 0.00862. The number of halogens is 2. The van der Waals surface area contributed by atoms with Crippen molar-refractivity contribution in [2.45, 2.75) is 12.8 Å². The maximum Gasteiger partial charge on any atom is 0.305 e. The lowest BCUT2D eigenvalue weighted by molar-refractivity contribution is -0.139. The van der Waals surface area contributed by atoms with Gasteiger partial charge in [-0.25, -0.2) is 0 Å². The van der Waals surface area contributed by atoms with Gasteiger partial charge < -0.3 is 57.2 Å². The van der Waals surface area contributed by atoms with Crippen LogP contribution in [-0.4, -0.2) is 180 Å². The van der Waals surface area contributed by atoms with Crippen molar-refractivity contribution >= 4 is 49.6 Å². The molecule has 1 aliphatic heterocycles. The summed E-state index contributed by atoms with van der Waals surface area (Å²) in [6, 6.07) is 0. The molecular weight excluding hydrogens is 774 g/mol. The van der Waals surface area contributed by atoms with E-state index in [1.54, 1.807) is 0 Å². The second kappa shape index (κ2) is 33.0. The molecule has 18 heteroatoms. The van der Waals surface area contributed by atoms with Gasteiger partial charge in [0.1, 0.15) is 8.96 Å². The summed E-state index contributed by atoms with van der Waals surface area (Å²) in [6.45, 7) is 9.93. The zero-order valence-corrected chi connectivity index (χ0v) is 30.7. The molecule has 2 amide bonds. The van der Waals surface area contributed by atoms with E-state index in [1.165, 1.54) is 4.90 Å². The first-order valence-corrected chi connectivity index (χ1v) is 17.5. The Morgan fingerprint density at radius 3 is 0.917 bits per heavy atom. The number of hydrogen-bond donors (Lipinski definition) is 1. The van der Waals surface area contributed by atoms with Crippen molar-refractivity contribution in [3.8, 4) is 0 Å². The highest BCUT2D eigenvalue weighted by atomic mass is 79.9. The molecule has 16 nitrogen and oxygen atoms in total. The fraction of sp³-hybridized carbons (Fsp3) is 0.833. The SMILES string of the molecule is O=C(O)CCOCCOCCOCCOCCOCCOCCOCCOCCOCCOCCOCCCN1C(=O)C(Br)=C(Br)C1=O. The van der Waals surface area contributed by atoms with Gasteiger partial charge >= 0.3 is 5.97 Å². The van der Waals surface area contributed by atoms with Gasteiger partial charge in [0.15, 0.2) is 0 Å². The number of rotatable bonds is 37. The third-order valence-corrected chi connectivity index (χ3v) is 7.91. The molecule has 0 saturated carbocycles. The van der Waals surface area contributed by atoms with Crippen LogP contribution in [0.3, 0.4) is 0 Å². The molecule has 0 saturated heterocycles. The van der Waals surface area contributed by atoms with Gasteiger partial charge in [0.25, 0.3) is 11.8 Å². The summed E-state index contributed by atoms with van der Waals surface area (Å²) in [5, 5.41) is 8.49. The molecular formula is C30H51Br2NO15. The highest BCUT2D eigenvalue weighted by Gasteiger charge is 2.35. The lowest BCUT2D eigenvalue weighted by Gasteiger charge is -2.14. The Kier molecular flexibility index (Phi) is 30.9. The third kappa shape index (κ3) is 25.8. The molecule has 1 aliphatic rings. The topological polar surface area (TPSA) is 176 Å². The molecule has 1 rings (SSSR count). The van der Waals surface area contributed by atoms with Crippen LogP contribution in [0, 0.1) is 0 Å². The van der Waals surface area contributed by atoms with Crippen molar-refractivity contribution in [2.24, 2.45) is 0 Å². The van der Waals surface area contributed by atoms with Crippen molar-refractivity contribution in [1.82, 2.24) is 4.90 Å². The van der Waals surface area contributed by atoms with E-state index in [4.69, 9.17) is 57.2 Å². The second-order valence-electron chi connectivity index (χ2n) is 9.62. The quantitative estimate of drug-likeness (QED) is 0.0703. The molecule has 0 aliphatic carbocycles. The maximum absolute atomic E-state index is 11.9. The number of aliphatic carboxylic acids is 1. The van der Waals surface area contributed by atoms with Crippen LogP contribution in [0.15, 0.2) is 8.96 Å². The Balaban J connectivity index is 1.65. The molecule has 0 unspecified atom stereocenters. The van der Waals surface area contributed by atoms with Gasteiger partial charge in [-0.3, -0.25) is 19.3 Å². The summed E-state index contributed by atoms with van der Waals surface area (Å²) in [5.41, 5.74) is 0. The molecule has 0 aromatic carbocycles. The normalized spacial score (nSPS) is 13.4. The van der Waals surface area contributed by atoms with Crippen LogP contribution in [0.4, 0.5) is 0 Å². The van der Waals surface area contributed by atoms with Crippen LogP contribution >= 0.6 is 31.9 Å². The lowest BCUT2D eigenvalue weighted by Crippen LogP contribution is -2.32. The van der Waals surface area contributed by atoms with Gasteiger partial charge in [0.2, 0.25) is 0 Å². The Hall–Kier alpha value is -1.13. The first-order valence-electron chi connectivity index (χ1n) is 15.9. The summed E-state index contributed by atoms with van der Waals surface area (Å²) >= 11 is 6.20. The number of carboxylic acids is 1. The molecule has 48 heavy (non-hydrogen) atoms. The lowest BCUT2D eigenvalue weighted by atomic mass is 10.4. The van der Waals surface area contributed by atoms with Crippen LogP contribution in [0.2, 0.25) is 0 Å². The summed E-state index contributed by atoms with van der Waals surface area (Å²) in [5.74, 6) is -1.56. The van der Waals surface area contributed by atoms with E-state index in [1.807, 2.05) is 0 Å². The Bertz CT molecular complexity index is 844. The largest absolute Gasteiger partial charge is 0.481 e. The maximum atomic E-state index is 11.9. The van der Waals surface area contributed by atoms with E-state index in [0.29, 0.717) is 152 Å². The molecule has 0 bridgehead atoms. The van der Waals surface area contributed by atoms with Gasteiger partial charge in [-0.15, -0.1) is 0 Å². The predicted molar refractivity (Wildman–Crippen MR) is 177 cm³/mol. The average Bonchev–Trinajstić information content (AvgIpc) is 3.25. The molecule has 0 atom stereocenters. The minimum Gasteiger partial charge on any atom is -0.481 e. The standard InChI is InChI=1S/C30H51Br2NO15/c31-27-28(32)30(37)33(29(27)36)3-1-4-38-6-8-40-10-12-42-14-16-44-18-20-46-22-24-48-25-23-47-21-19-45-17-15-43-13-11-41-9-7-39-5-2-26(34)35/h1-25H2,(H,34,35). The van der Waals surface area contributed by atoms with Crippen molar-refractivity contribution in [2.75, 3.05) is 152 Å². The first kappa shape index (κ1) is 44.9. The zero-order chi connectivity index (χ0) is 34.9. The van der Waals surface area contributed by atoms with E-state index in [2.05, 4.69) is 31.9 Å². The number of hydrogen-bond acceptors (Lipinski definition) is 14. The van der Waals surface area contributed by atoms with E-state index < -0.39 is 5.97 Å². The monoisotopic (exact) mass is 823 g/mol. The fourth-order valence-electron chi connectivity index (χ4n) is 3.51. The number of carbonyl (C=O) groups excluding carboxylic acids is 2. The predicted octanol–water partition coefficient (Wildman–Crippen LogP) is 1.40. The van der Waals surface area contributed by atoms with Crippen LogP contribution in [0.5, 0.6) is 0 Å². The van der Waals surface area contributed by atoms with E-state index in [9.17, 15) is 14.4 Å². The van der Waals surface area contributed by atoms with Gasteiger partial charge in [0, 0.05) is 13.2 Å². The second-order valence-corrected chi connectivity index (χ2v) is 11.2. The summed E-state index contributed by atoms with van der Waals surface area (Å²) in [6.07, 6.45) is 0.539. The first-order chi connectivity index (χ1) is 23.4. The van der Waals surface area contributed by atoms with Crippen LogP contribution < -0.4 is 0 Å². The molecule has 0 aromatic heterocycles. The molecule has 1 heterocycles. The fourth-order valence-corrected chi connectivity index (χ4v) is 4.27. The number of carboxylic acid groups (broad SMARTS) is 1. The molecule has 0 fully saturated rings. The van der Waals surface area contributed by atoms with Crippen molar-refractivity contribution in [3.63, 3.8) is 0 Å². The number of carbonyl (C=O) groups is 3. The molecule has 280 valence electrons. The molecule has 0 spiro atoms. The van der Waals surface area contributed by atoms with Gasteiger partial charge in [-0.05, 0) is 38.3 Å². The van der Waals surface area contributed by atoms with Crippen molar-refractivity contribution < 1.29 is 71.6 Å². The van der Waals surface area contributed by atoms with Crippen LogP contribution in [0.25, 0.3) is 0 Å². The summed E-state index contributed by atoms with van der Waals surface area (Å²) in [7, 11) is 0. The smallest absolute Gasteiger partial charge is 0.305 e. The Morgan fingerprint density at radius 2 is 0.667 bits per heavy atom. The zero-order valence-electron chi connectivity index (χ0n) is 27.5. The van der Waals surface area contributed by atoms with Crippen molar-refractivity contribution in [3.05, 3.63) is 8.96 Å². The minimum atomic E-state index is -0.880. The van der Waals surface area contributed by atoms with Crippen molar-refractivity contribution in [1.29, 1.82) is 0 Å². The number of imide groups is 1. The van der Waals surface area contributed by atoms with Gasteiger partial charge in [-0.2, -0.15) is 0 Å². The van der Waals surface area contributed by atoms with Crippen LogP contribution in [0.1, 0.15) is 12.8 Å². The Labute approximate surface area is 299 Å². The van der Waals surface area contributed by atoms with E-state index in [-0.39, 0.29) is 33.8 Å². The number of ether oxygens (including phenoxy) is 11.